The van der Waals surface area contributed by atoms with E-state index in [2.05, 4.69) is 10.3 Å². The van der Waals surface area contributed by atoms with Crippen molar-refractivity contribution in [1.29, 1.82) is 0 Å². The smallest absolute Gasteiger partial charge is 0.144 e. The molecular weight excluding hydrogens is 232 g/mol. The molecule has 2 atom stereocenters. The molecule has 1 rings (SSSR count). The Kier molecular flexibility index (Phi) is 5.05. The summed E-state index contributed by atoms with van der Waals surface area (Å²) in [6, 6.07) is 3.58. The summed E-state index contributed by atoms with van der Waals surface area (Å²) in [5.74, 6) is 0.688. The van der Waals surface area contributed by atoms with Crippen LogP contribution in [0.15, 0.2) is 18.3 Å². The fourth-order valence-corrected chi connectivity index (χ4v) is 1.71. The molecule has 0 fully saturated rings. The average Bonchev–Trinajstić information content (AvgIpc) is 2.20. The predicted octanol–water partition coefficient (Wildman–Crippen LogP) is 2.30. The lowest BCUT2D eigenvalue weighted by molar-refractivity contribution is 0.672. The van der Waals surface area contributed by atoms with Gasteiger partial charge in [-0.05, 0) is 18.6 Å². The normalized spacial score (nSPS) is 14.6. The number of nitrogens with zero attached hydrogens (tertiary/aromatic N) is 1. The minimum Gasteiger partial charge on any atom is -0.369 e. The first-order valence-electron chi connectivity index (χ1n) is 4.78. The van der Waals surface area contributed by atoms with Crippen LogP contribution >= 0.6 is 11.6 Å². The highest BCUT2D eigenvalue weighted by atomic mass is 35.5. The third-order valence-corrected chi connectivity index (χ3v) is 3.84. The Balaban J connectivity index is 2.38. The predicted molar refractivity (Wildman–Crippen MR) is 65.9 cm³/mol. The summed E-state index contributed by atoms with van der Waals surface area (Å²) in [4.78, 5) is 4.10. The van der Waals surface area contributed by atoms with Crippen molar-refractivity contribution in [2.24, 2.45) is 0 Å². The number of aromatic nitrogens is 1. The summed E-state index contributed by atoms with van der Waals surface area (Å²) in [5, 5.41) is 3.93. The van der Waals surface area contributed by atoms with Crippen LogP contribution in [-0.2, 0) is 10.8 Å². The summed E-state index contributed by atoms with van der Waals surface area (Å²) in [5.41, 5.74) is 0. The molecule has 0 bridgehead atoms. The van der Waals surface area contributed by atoms with Crippen LogP contribution in [0.3, 0.4) is 0 Å². The monoisotopic (exact) mass is 246 g/mol. The Bertz CT molecular complexity index is 346. The number of anilines is 1. The molecule has 0 amide bonds. The van der Waals surface area contributed by atoms with Gasteiger partial charge < -0.3 is 5.32 Å². The fraction of sp³-hybridized carbons (Fsp3) is 0.500. The highest BCUT2D eigenvalue weighted by Gasteiger charge is 2.06. The van der Waals surface area contributed by atoms with Crippen LogP contribution in [0.2, 0.25) is 5.02 Å². The maximum atomic E-state index is 11.1. The Hall–Kier alpha value is -0.610. The Morgan fingerprint density at radius 3 is 3.00 bits per heavy atom. The molecule has 1 N–H and O–H groups in total. The first-order valence-corrected chi connectivity index (χ1v) is 6.78. The first kappa shape index (κ1) is 12.5. The van der Waals surface area contributed by atoms with Gasteiger partial charge in [0.25, 0.3) is 0 Å². The van der Waals surface area contributed by atoms with Crippen LogP contribution in [0.25, 0.3) is 0 Å². The van der Waals surface area contributed by atoms with E-state index in [1.54, 1.807) is 24.6 Å². The van der Waals surface area contributed by atoms with E-state index in [-0.39, 0.29) is 5.25 Å². The quantitative estimate of drug-likeness (QED) is 0.867. The molecule has 1 heterocycles. The van der Waals surface area contributed by atoms with Crippen molar-refractivity contribution in [3.8, 4) is 0 Å². The summed E-state index contributed by atoms with van der Waals surface area (Å²) >= 11 is 5.92. The average molecular weight is 247 g/mol. The second kappa shape index (κ2) is 6.08. The standard InChI is InChI=1S/C10H15ClN2OS/c1-8(15(2)14)5-7-13-10-9(11)4-3-6-12-10/h3-4,6,8H,5,7H2,1-2H3,(H,12,13). The number of pyridine rings is 1. The van der Waals surface area contributed by atoms with Crippen LogP contribution in [0.4, 0.5) is 5.82 Å². The van der Waals surface area contributed by atoms with Gasteiger partial charge in [-0.1, -0.05) is 18.5 Å². The molecule has 0 aliphatic rings. The van der Waals surface area contributed by atoms with Crippen molar-refractivity contribution >= 4 is 28.2 Å². The van der Waals surface area contributed by atoms with E-state index in [0.29, 0.717) is 10.8 Å². The Labute approximate surface area is 97.7 Å². The number of hydrogen-bond acceptors (Lipinski definition) is 3. The molecule has 0 aromatic carbocycles. The summed E-state index contributed by atoms with van der Waals surface area (Å²) in [6.07, 6.45) is 4.25. The van der Waals surface area contributed by atoms with Crippen molar-refractivity contribution in [2.75, 3.05) is 18.1 Å². The van der Waals surface area contributed by atoms with Crippen molar-refractivity contribution in [2.45, 2.75) is 18.6 Å². The molecule has 0 aliphatic carbocycles. The van der Waals surface area contributed by atoms with Gasteiger partial charge in [-0.15, -0.1) is 0 Å². The molecule has 15 heavy (non-hydrogen) atoms. The summed E-state index contributed by atoms with van der Waals surface area (Å²) in [6.45, 7) is 2.70. The lowest BCUT2D eigenvalue weighted by atomic mass is 10.3. The number of halogens is 1. The molecule has 84 valence electrons. The maximum Gasteiger partial charge on any atom is 0.144 e. The van der Waals surface area contributed by atoms with Crippen molar-refractivity contribution in [3.63, 3.8) is 0 Å². The molecule has 0 saturated heterocycles. The zero-order valence-electron chi connectivity index (χ0n) is 8.87. The number of hydrogen-bond donors (Lipinski definition) is 1. The molecule has 0 aliphatic heterocycles. The topological polar surface area (TPSA) is 42.0 Å². The third kappa shape index (κ3) is 4.18. The Morgan fingerprint density at radius 1 is 1.67 bits per heavy atom. The number of nitrogens with one attached hydrogen (secondary N) is 1. The molecule has 1 aromatic heterocycles. The van der Waals surface area contributed by atoms with E-state index in [1.807, 2.05) is 6.92 Å². The zero-order chi connectivity index (χ0) is 11.3. The van der Waals surface area contributed by atoms with E-state index >= 15 is 0 Å². The van der Waals surface area contributed by atoms with E-state index in [9.17, 15) is 4.21 Å². The van der Waals surface area contributed by atoms with E-state index in [0.717, 1.165) is 13.0 Å². The van der Waals surface area contributed by atoms with Crippen molar-refractivity contribution in [1.82, 2.24) is 4.98 Å². The zero-order valence-corrected chi connectivity index (χ0v) is 10.4. The molecule has 0 saturated carbocycles. The minimum atomic E-state index is -0.767. The van der Waals surface area contributed by atoms with Gasteiger partial charge >= 0.3 is 0 Å². The molecule has 3 nitrogen and oxygen atoms in total. The third-order valence-electron chi connectivity index (χ3n) is 2.17. The second-order valence-corrected chi connectivity index (χ2v) is 5.57. The molecule has 2 unspecified atom stereocenters. The minimum absolute atomic E-state index is 0.194. The lowest BCUT2D eigenvalue weighted by Crippen LogP contribution is -2.15. The summed E-state index contributed by atoms with van der Waals surface area (Å²) < 4.78 is 11.1. The number of rotatable bonds is 5. The van der Waals surface area contributed by atoms with Gasteiger partial charge in [0, 0.05) is 35.0 Å². The molecule has 5 heteroatoms. The maximum absolute atomic E-state index is 11.1. The molecular formula is C10H15ClN2OS. The summed E-state index contributed by atoms with van der Waals surface area (Å²) in [7, 11) is -0.767. The highest BCUT2D eigenvalue weighted by Crippen LogP contribution is 2.17. The molecule has 0 spiro atoms. The van der Waals surface area contributed by atoms with Gasteiger partial charge in [-0.2, -0.15) is 0 Å². The van der Waals surface area contributed by atoms with Gasteiger partial charge in [-0.25, -0.2) is 4.98 Å². The van der Waals surface area contributed by atoms with Crippen LogP contribution in [0.1, 0.15) is 13.3 Å². The molecule has 1 aromatic rings. The Morgan fingerprint density at radius 2 is 2.40 bits per heavy atom. The van der Waals surface area contributed by atoms with E-state index < -0.39 is 10.8 Å². The van der Waals surface area contributed by atoms with Crippen LogP contribution in [0.5, 0.6) is 0 Å². The van der Waals surface area contributed by atoms with E-state index in [1.165, 1.54) is 0 Å². The van der Waals surface area contributed by atoms with Crippen molar-refractivity contribution in [3.05, 3.63) is 23.4 Å². The molecule has 0 radical (unpaired) electrons. The lowest BCUT2D eigenvalue weighted by Gasteiger charge is -2.10. The van der Waals surface area contributed by atoms with E-state index in [4.69, 9.17) is 11.6 Å². The van der Waals surface area contributed by atoms with Crippen molar-refractivity contribution < 1.29 is 4.21 Å². The van der Waals surface area contributed by atoms with Gasteiger partial charge in [-0.3, -0.25) is 4.21 Å². The largest absolute Gasteiger partial charge is 0.369 e. The van der Waals surface area contributed by atoms with Gasteiger partial charge in [0.05, 0.1) is 5.02 Å². The van der Waals surface area contributed by atoms with Crippen LogP contribution < -0.4 is 5.32 Å². The van der Waals surface area contributed by atoms with Gasteiger partial charge in [0.15, 0.2) is 0 Å². The first-order chi connectivity index (χ1) is 7.11. The van der Waals surface area contributed by atoms with Gasteiger partial charge in [0.2, 0.25) is 0 Å². The highest BCUT2D eigenvalue weighted by molar-refractivity contribution is 7.84. The van der Waals surface area contributed by atoms with Gasteiger partial charge in [0.1, 0.15) is 5.82 Å². The van der Waals surface area contributed by atoms with Crippen LogP contribution in [0, 0.1) is 0 Å². The van der Waals surface area contributed by atoms with Crippen LogP contribution in [-0.4, -0.2) is 27.2 Å². The fourth-order valence-electron chi connectivity index (χ4n) is 1.08. The SMILES string of the molecule is CC(CCNc1ncccc1Cl)S(C)=O. The second-order valence-electron chi connectivity index (χ2n) is 3.36.